The maximum absolute atomic E-state index is 13.8. The second-order valence-electron chi connectivity index (χ2n) is 5.41. The highest BCUT2D eigenvalue weighted by molar-refractivity contribution is 7.98. The molecule has 2 aromatic rings. The Bertz CT molecular complexity index is 737. The van der Waals surface area contributed by atoms with Crippen molar-refractivity contribution < 1.29 is 14.2 Å². The minimum atomic E-state index is -3.89. The number of hydrogen-bond acceptors (Lipinski definition) is 3. The molecule has 124 valence electrons. The van der Waals surface area contributed by atoms with E-state index in [2.05, 4.69) is 0 Å². The highest BCUT2D eigenvalue weighted by Crippen LogP contribution is 2.60. The van der Waals surface area contributed by atoms with Crippen LogP contribution in [0, 0.1) is 0 Å². The van der Waals surface area contributed by atoms with Crippen molar-refractivity contribution in [1.82, 2.24) is 0 Å². The van der Waals surface area contributed by atoms with Gasteiger partial charge in [-0.15, -0.1) is 0 Å². The molecule has 0 amide bonds. The van der Waals surface area contributed by atoms with Crippen LogP contribution in [0.4, 0.5) is 0 Å². The Hall–Kier alpha value is -2.25. The SMILES string of the molecule is CC/C=C(/CC)P(=O)(C(=O)c1ccccc1)C(=O)c1ccccc1. The van der Waals surface area contributed by atoms with Crippen LogP contribution >= 0.6 is 7.14 Å². The largest absolute Gasteiger partial charge is 0.302 e. The third kappa shape index (κ3) is 3.47. The van der Waals surface area contributed by atoms with Crippen LogP contribution in [0.3, 0.4) is 0 Å². The lowest BCUT2D eigenvalue weighted by molar-refractivity contribution is 0.103. The van der Waals surface area contributed by atoms with Crippen LogP contribution in [-0.4, -0.2) is 11.0 Å². The van der Waals surface area contributed by atoms with Gasteiger partial charge in [0.25, 0.3) is 0 Å². The van der Waals surface area contributed by atoms with Gasteiger partial charge in [-0.3, -0.25) is 9.59 Å². The Morgan fingerprint density at radius 2 is 1.25 bits per heavy atom. The fourth-order valence-corrected chi connectivity index (χ4v) is 5.23. The Morgan fingerprint density at radius 3 is 1.58 bits per heavy atom. The van der Waals surface area contributed by atoms with Crippen molar-refractivity contribution in [1.29, 1.82) is 0 Å². The van der Waals surface area contributed by atoms with Crippen molar-refractivity contribution in [2.45, 2.75) is 26.7 Å². The molecule has 24 heavy (non-hydrogen) atoms. The highest BCUT2D eigenvalue weighted by Gasteiger charge is 2.43. The lowest BCUT2D eigenvalue weighted by Gasteiger charge is -2.19. The summed E-state index contributed by atoms with van der Waals surface area (Å²) in [5.74, 6) is 0. The zero-order chi connectivity index (χ0) is 17.6. The summed E-state index contributed by atoms with van der Waals surface area (Å²) in [7, 11) is -3.89. The van der Waals surface area contributed by atoms with E-state index in [0.717, 1.165) is 0 Å². The van der Waals surface area contributed by atoms with Crippen LogP contribution in [0.25, 0.3) is 0 Å². The molecule has 2 aromatic carbocycles. The number of carbonyl (C=O) groups excluding carboxylic acids is 2. The molecule has 0 aliphatic carbocycles. The third-order valence-corrected chi connectivity index (χ3v) is 6.79. The van der Waals surface area contributed by atoms with Gasteiger partial charge in [0.2, 0.25) is 18.2 Å². The minimum absolute atomic E-state index is 0.306. The summed E-state index contributed by atoms with van der Waals surface area (Å²) in [5, 5.41) is 0.438. The van der Waals surface area contributed by atoms with Crippen molar-refractivity contribution in [3.63, 3.8) is 0 Å². The van der Waals surface area contributed by atoms with Crippen LogP contribution in [0.1, 0.15) is 47.4 Å². The van der Waals surface area contributed by atoms with Crippen LogP contribution in [0.2, 0.25) is 0 Å². The van der Waals surface area contributed by atoms with Gasteiger partial charge in [-0.2, -0.15) is 0 Å². The van der Waals surface area contributed by atoms with Crippen LogP contribution in [0.15, 0.2) is 72.1 Å². The molecule has 0 bridgehead atoms. The molecular formula is C20H21O3P. The molecule has 3 nitrogen and oxygen atoms in total. The molecule has 4 heteroatoms. The lowest BCUT2D eigenvalue weighted by Crippen LogP contribution is -2.12. The van der Waals surface area contributed by atoms with Crippen molar-refractivity contribution in [2.24, 2.45) is 0 Å². The fraction of sp³-hybridized carbons (Fsp3) is 0.200. The first-order chi connectivity index (χ1) is 11.6. The molecule has 0 aliphatic rings. The van der Waals surface area contributed by atoms with E-state index in [1.165, 1.54) is 0 Å². The summed E-state index contributed by atoms with van der Waals surface area (Å²) in [6.45, 7) is 3.73. The van der Waals surface area contributed by atoms with Gasteiger partial charge >= 0.3 is 0 Å². The molecule has 0 heterocycles. The predicted molar refractivity (Wildman–Crippen MR) is 97.8 cm³/mol. The summed E-state index contributed by atoms with van der Waals surface area (Å²) in [4.78, 5) is 26.1. The van der Waals surface area contributed by atoms with Crippen molar-refractivity contribution >= 4 is 18.2 Å². The quantitative estimate of drug-likeness (QED) is 0.604. The maximum Gasteiger partial charge on any atom is 0.244 e. The van der Waals surface area contributed by atoms with E-state index in [0.29, 0.717) is 29.3 Å². The monoisotopic (exact) mass is 340 g/mol. The van der Waals surface area contributed by atoms with Gasteiger partial charge in [0.15, 0.2) is 0 Å². The average Bonchev–Trinajstić information content (AvgIpc) is 2.65. The molecule has 0 radical (unpaired) electrons. The van der Waals surface area contributed by atoms with Gasteiger partial charge in [-0.1, -0.05) is 80.6 Å². The molecule has 0 saturated carbocycles. The molecule has 0 N–H and O–H groups in total. The van der Waals surface area contributed by atoms with Gasteiger partial charge in [0.1, 0.15) is 0 Å². The molecule has 0 aromatic heterocycles. The van der Waals surface area contributed by atoms with E-state index in [4.69, 9.17) is 0 Å². The van der Waals surface area contributed by atoms with Crippen LogP contribution in [-0.2, 0) is 4.57 Å². The first kappa shape index (κ1) is 18.1. The van der Waals surface area contributed by atoms with Gasteiger partial charge in [-0.05, 0) is 18.2 Å². The molecule has 0 spiro atoms. The van der Waals surface area contributed by atoms with Crippen LogP contribution < -0.4 is 0 Å². The Balaban J connectivity index is 2.62. The van der Waals surface area contributed by atoms with Crippen molar-refractivity contribution in [3.05, 3.63) is 83.2 Å². The topological polar surface area (TPSA) is 51.2 Å². The zero-order valence-corrected chi connectivity index (χ0v) is 14.8. The second kappa shape index (κ2) is 8.03. The number of benzene rings is 2. The van der Waals surface area contributed by atoms with Gasteiger partial charge in [0, 0.05) is 11.1 Å². The molecule has 0 atom stereocenters. The number of allylic oxidation sites excluding steroid dienone is 2. The van der Waals surface area contributed by atoms with Crippen molar-refractivity contribution in [3.8, 4) is 0 Å². The second-order valence-corrected chi connectivity index (χ2v) is 8.01. The summed E-state index contributed by atoms with van der Waals surface area (Å²) in [6, 6.07) is 16.8. The predicted octanol–water partition coefficient (Wildman–Crippen LogP) is 5.73. The minimum Gasteiger partial charge on any atom is -0.302 e. The summed E-state index contributed by atoms with van der Waals surface area (Å²) >= 11 is 0. The number of rotatable bonds is 7. The van der Waals surface area contributed by atoms with Crippen molar-refractivity contribution in [2.75, 3.05) is 0 Å². The Kier molecular flexibility index (Phi) is 6.05. The van der Waals surface area contributed by atoms with E-state index in [1.54, 1.807) is 66.7 Å². The average molecular weight is 340 g/mol. The Labute approximate surface area is 142 Å². The molecule has 0 saturated heterocycles. The Morgan fingerprint density at radius 1 is 0.833 bits per heavy atom. The standard InChI is InChI=1S/C20H21O3P/c1-3-11-18(4-2)24(23,19(21)16-12-7-5-8-13-16)20(22)17-14-9-6-10-15-17/h5-15H,3-4H2,1-2H3/b18-11-. The van der Waals surface area contributed by atoms with E-state index < -0.39 is 18.2 Å². The lowest BCUT2D eigenvalue weighted by atomic mass is 10.2. The molecule has 0 aliphatic heterocycles. The molecule has 0 fully saturated rings. The molecule has 0 unspecified atom stereocenters. The van der Waals surface area contributed by atoms with E-state index in [9.17, 15) is 14.2 Å². The van der Waals surface area contributed by atoms with E-state index in [-0.39, 0.29) is 0 Å². The third-order valence-electron chi connectivity index (χ3n) is 3.82. The number of hydrogen-bond donors (Lipinski definition) is 0. The highest BCUT2D eigenvalue weighted by atomic mass is 31.2. The zero-order valence-electron chi connectivity index (χ0n) is 13.9. The van der Waals surface area contributed by atoms with Gasteiger partial charge < -0.3 is 4.57 Å². The maximum atomic E-state index is 13.8. The molecular weight excluding hydrogens is 319 g/mol. The first-order valence-corrected chi connectivity index (χ1v) is 9.75. The summed E-state index contributed by atoms with van der Waals surface area (Å²) in [5.41, 5.74) is -0.557. The van der Waals surface area contributed by atoms with Gasteiger partial charge in [0.05, 0.1) is 0 Å². The van der Waals surface area contributed by atoms with Crippen LogP contribution in [0.5, 0.6) is 0 Å². The molecule has 2 rings (SSSR count). The van der Waals surface area contributed by atoms with Gasteiger partial charge in [-0.25, -0.2) is 0 Å². The fourth-order valence-electron chi connectivity index (χ4n) is 2.61. The summed E-state index contributed by atoms with van der Waals surface area (Å²) < 4.78 is 13.8. The van der Waals surface area contributed by atoms with E-state index >= 15 is 0 Å². The number of carbonyl (C=O) groups is 2. The normalized spacial score (nSPS) is 12.0. The van der Waals surface area contributed by atoms with E-state index in [1.807, 2.05) is 13.8 Å². The first-order valence-electron chi connectivity index (χ1n) is 8.05. The summed E-state index contributed by atoms with van der Waals surface area (Å²) in [6.07, 6.45) is 2.78. The smallest absolute Gasteiger partial charge is 0.244 e.